The number of hydrogen-bond acceptors (Lipinski definition) is 9. The summed E-state index contributed by atoms with van der Waals surface area (Å²) in [5, 5.41) is 11.3. The van der Waals surface area contributed by atoms with Gasteiger partial charge in [0.2, 0.25) is 6.79 Å². The van der Waals surface area contributed by atoms with Crippen LogP contribution in [0.2, 0.25) is 0 Å². The van der Waals surface area contributed by atoms with Crippen LogP contribution >= 0.6 is 0 Å². The molecule has 0 spiro atoms. The summed E-state index contributed by atoms with van der Waals surface area (Å²) in [6.07, 6.45) is 1.13. The Kier molecular flexibility index (Phi) is 5.79. The van der Waals surface area contributed by atoms with Crippen LogP contribution in [-0.2, 0) is 19.1 Å². The molecule has 1 aromatic carbocycles. The molecule has 2 rings (SSSR count). The Balaban J connectivity index is 2.04. The van der Waals surface area contributed by atoms with E-state index >= 15 is 0 Å². The number of benzene rings is 1. The number of pyridine rings is 1. The molecule has 0 fully saturated rings. The molecule has 0 aliphatic rings. The Morgan fingerprint density at radius 2 is 2.12 bits per heavy atom. The highest BCUT2D eigenvalue weighted by atomic mass is 16.7. The maximum atomic E-state index is 11.7. The van der Waals surface area contributed by atoms with Crippen LogP contribution in [0, 0.1) is 10.1 Å². The van der Waals surface area contributed by atoms with Gasteiger partial charge in [0.1, 0.15) is 17.3 Å². The molecule has 2 N–H and O–H groups in total. The average Bonchev–Trinajstić information content (AvgIpc) is 2.61. The number of nitro groups is 1. The van der Waals surface area contributed by atoms with Crippen LogP contribution in [0.4, 0.5) is 5.69 Å². The fourth-order valence-electron chi connectivity index (χ4n) is 2.01. The second-order valence-electron chi connectivity index (χ2n) is 4.85. The predicted octanol–water partition coefficient (Wildman–Crippen LogP) is 0.913. The predicted molar refractivity (Wildman–Crippen MR) is 84.6 cm³/mol. The number of hydrogen-bond donors (Lipinski definition) is 1. The number of methoxy groups -OCH3 is 1. The zero-order chi connectivity index (χ0) is 18.4. The van der Waals surface area contributed by atoms with E-state index < -0.39 is 29.7 Å². The lowest BCUT2D eigenvalue weighted by molar-refractivity contribution is -0.383. The summed E-state index contributed by atoms with van der Waals surface area (Å²) in [5.41, 5.74) is 5.64. The van der Waals surface area contributed by atoms with Crippen LogP contribution in [0.1, 0.15) is 6.42 Å². The second kappa shape index (κ2) is 8.02. The van der Waals surface area contributed by atoms with Gasteiger partial charge in [0, 0.05) is 12.3 Å². The first kappa shape index (κ1) is 18.1. The van der Waals surface area contributed by atoms with E-state index in [9.17, 15) is 19.7 Å². The highest BCUT2D eigenvalue weighted by Gasteiger charge is 2.20. The van der Waals surface area contributed by atoms with Gasteiger partial charge in [0.15, 0.2) is 0 Å². The van der Waals surface area contributed by atoms with Gasteiger partial charge in [-0.3, -0.25) is 24.7 Å². The zero-order valence-electron chi connectivity index (χ0n) is 13.2. The first-order valence-corrected chi connectivity index (χ1v) is 7.08. The molecular weight excluding hydrogens is 334 g/mol. The molecule has 25 heavy (non-hydrogen) atoms. The number of nitrogens with two attached hydrogens (primary N) is 1. The molecule has 0 radical (unpaired) electrons. The van der Waals surface area contributed by atoms with E-state index in [0.29, 0.717) is 5.39 Å². The molecule has 1 atom stereocenters. The molecule has 10 heteroatoms. The van der Waals surface area contributed by atoms with Crippen LogP contribution in [0.3, 0.4) is 0 Å². The fourth-order valence-corrected chi connectivity index (χ4v) is 2.01. The molecule has 0 amide bonds. The standard InChI is InChI=1S/C15H15N3O7/c1-23-13(19)7-10(16)15(20)25-8-24-12-5-4-11(18(21)22)9-3-2-6-17-14(9)12/h2-6,10H,7-8,16H2,1H3. The third kappa shape index (κ3) is 4.38. The van der Waals surface area contributed by atoms with E-state index in [1.165, 1.54) is 31.5 Å². The van der Waals surface area contributed by atoms with Gasteiger partial charge in [-0.1, -0.05) is 0 Å². The molecule has 0 aliphatic carbocycles. The van der Waals surface area contributed by atoms with E-state index in [2.05, 4.69) is 9.72 Å². The molecule has 1 aromatic heterocycles. The van der Waals surface area contributed by atoms with Gasteiger partial charge in [-0.05, 0) is 18.2 Å². The van der Waals surface area contributed by atoms with Crippen molar-refractivity contribution in [3.8, 4) is 5.75 Å². The monoisotopic (exact) mass is 349 g/mol. The van der Waals surface area contributed by atoms with E-state index in [0.717, 1.165) is 0 Å². The van der Waals surface area contributed by atoms with E-state index in [-0.39, 0.29) is 23.4 Å². The molecule has 0 saturated carbocycles. The maximum absolute atomic E-state index is 11.7. The maximum Gasteiger partial charge on any atom is 0.326 e. The second-order valence-corrected chi connectivity index (χ2v) is 4.85. The van der Waals surface area contributed by atoms with Crippen molar-refractivity contribution in [2.45, 2.75) is 12.5 Å². The smallest absolute Gasteiger partial charge is 0.326 e. The van der Waals surface area contributed by atoms with Crippen molar-refractivity contribution >= 4 is 28.5 Å². The quantitative estimate of drug-likeness (QED) is 0.334. The molecule has 0 aliphatic heterocycles. The first-order valence-electron chi connectivity index (χ1n) is 7.08. The fraction of sp³-hybridized carbons (Fsp3) is 0.267. The Hall–Kier alpha value is -3.27. The molecule has 2 aromatic rings. The summed E-state index contributed by atoms with van der Waals surface area (Å²) in [6.45, 7) is -0.489. The van der Waals surface area contributed by atoms with Crippen LogP contribution in [0.25, 0.3) is 10.9 Å². The van der Waals surface area contributed by atoms with Crippen molar-refractivity contribution in [3.05, 3.63) is 40.6 Å². The molecule has 0 saturated heterocycles. The molecule has 0 bridgehead atoms. The van der Waals surface area contributed by atoms with Crippen molar-refractivity contribution in [1.29, 1.82) is 0 Å². The lowest BCUT2D eigenvalue weighted by Gasteiger charge is -2.12. The third-order valence-corrected chi connectivity index (χ3v) is 3.24. The van der Waals surface area contributed by atoms with Gasteiger partial charge in [0.25, 0.3) is 5.69 Å². The number of aromatic nitrogens is 1. The number of non-ortho nitro benzene ring substituents is 1. The zero-order valence-corrected chi connectivity index (χ0v) is 13.2. The van der Waals surface area contributed by atoms with E-state index in [1.54, 1.807) is 6.07 Å². The number of ether oxygens (including phenoxy) is 3. The van der Waals surface area contributed by atoms with E-state index in [4.69, 9.17) is 15.2 Å². The van der Waals surface area contributed by atoms with Crippen LogP contribution in [-0.4, -0.2) is 41.8 Å². The van der Waals surface area contributed by atoms with Gasteiger partial charge < -0.3 is 19.9 Å². The SMILES string of the molecule is COC(=O)CC(N)C(=O)OCOc1ccc([N+](=O)[O-])c2cccnc12. The summed E-state index contributed by atoms with van der Waals surface area (Å²) in [7, 11) is 1.18. The Labute approximate surface area is 141 Å². The molecule has 132 valence electrons. The van der Waals surface area contributed by atoms with Gasteiger partial charge in [0.05, 0.1) is 23.8 Å². The highest BCUT2D eigenvalue weighted by Crippen LogP contribution is 2.31. The number of rotatable bonds is 7. The van der Waals surface area contributed by atoms with Crippen molar-refractivity contribution in [3.63, 3.8) is 0 Å². The van der Waals surface area contributed by atoms with Gasteiger partial charge >= 0.3 is 11.9 Å². The molecule has 1 heterocycles. The molecule has 10 nitrogen and oxygen atoms in total. The van der Waals surface area contributed by atoms with Crippen molar-refractivity contribution in [2.24, 2.45) is 5.73 Å². The average molecular weight is 349 g/mol. The van der Waals surface area contributed by atoms with Crippen molar-refractivity contribution in [1.82, 2.24) is 4.98 Å². The lowest BCUT2D eigenvalue weighted by Crippen LogP contribution is -2.35. The summed E-state index contributed by atoms with van der Waals surface area (Å²) in [4.78, 5) is 37.3. The Morgan fingerprint density at radius 3 is 2.80 bits per heavy atom. The Bertz CT molecular complexity index is 809. The van der Waals surface area contributed by atoms with Gasteiger partial charge in [-0.25, -0.2) is 0 Å². The van der Waals surface area contributed by atoms with Crippen LogP contribution in [0.5, 0.6) is 5.75 Å². The molecular formula is C15H15N3O7. The van der Waals surface area contributed by atoms with Crippen molar-refractivity contribution < 1.29 is 28.7 Å². The number of fused-ring (bicyclic) bond motifs is 1. The van der Waals surface area contributed by atoms with Crippen LogP contribution < -0.4 is 10.5 Å². The highest BCUT2D eigenvalue weighted by molar-refractivity contribution is 5.92. The number of nitrogens with zero attached hydrogens (tertiary/aromatic N) is 2. The minimum atomic E-state index is -1.18. The topological polar surface area (TPSA) is 144 Å². The lowest BCUT2D eigenvalue weighted by atomic mass is 10.1. The summed E-state index contributed by atoms with van der Waals surface area (Å²) < 4.78 is 14.5. The Morgan fingerprint density at radius 1 is 1.36 bits per heavy atom. The normalized spacial score (nSPS) is 11.6. The minimum absolute atomic E-state index is 0.118. The first-order chi connectivity index (χ1) is 11.9. The largest absolute Gasteiger partial charge is 0.469 e. The summed E-state index contributed by atoms with van der Waals surface area (Å²) >= 11 is 0. The summed E-state index contributed by atoms with van der Waals surface area (Å²) in [5.74, 6) is -1.28. The number of nitro benzene ring substituents is 1. The van der Waals surface area contributed by atoms with Gasteiger partial charge in [-0.15, -0.1) is 0 Å². The van der Waals surface area contributed by atoms with E-state index in [1.807, 2.05) is 0 Å². The number of carbonyl (C=O) groups is 2. The third-order valence-electron chi connectivity index (χ3n) is 3.24. The minimum Gasteiger partial charge on any atom is -0.469 e. The number of esters is 2. The van der Waals surface area contributed by atoms with Gasteiger partial charge in [-0.2, -0.15) is 0 Å². The van der Waals surface area contributed by atoms with Crippen molar-refractivity contribution in [2.75, 3.05) is 13.9 Å². The molecule has 1 unspecified atom stereocenters. The summed E-state index contributed by atoms with van der Waals surface area (Å²) in [6, 6.07) is 4.54. The van der Waals surface area contributed by atoms with Crippen LogP contribution in [0.15, 0.2) is 30.5 Å². The number of carbonyl (C=O) groups excluding carboxylic acids is 2.